The molecule has 4 nitrogen and oxygen atoms in total. The number of carbonyl (C=O) groups is 1. The summed E-state index contributed by atoms with van der Waals surface area (Å²) in [5.41, 5.74) is 6.39. The first-order chi connectivity index (χ1) is 10.2. The quantitative estimate of drug-likeness (QED) is 0.693. The van der Waals surface area contributed by atoms with E-state index in [1.165, 1.54) is 0 Å². The first kappa shape index (κ1) is 17.5. The van der Waals surface area contributed by atoms with Crippen LogP contribution in [0.2, 0.25) is 0 Å². The maximum atomic E-state index is 11.9. The van der Waals surface area contributed by atoms with Gasteiger partial charge in [0, 0.05) is 12.1 Å². The third kappa shape index (κ3) is 7.14. The van der Waals surface area contributed by atoms with Gasteiger partial charge in [-0.2, -0.15) is 0 Å². The smallest absolute Gasteiger partial charge is 0.224 e. The Kier molecular flexibility index (Phi) is 8.51. The van der Waals surface area contributed by atoms with E-state index in [4.69, 9.17) is 10.5 Å². The molecule has 0 saturated heterocycles. The Balaban J connectivity index is 2.36. The number of hydrogen-bond acceptors (Lipinski definition) is 3. The van der Waals surface area contributed by atoms with Crippen LogP contribution in [-0.2, 0) is 4.79 Å². The van der Waals surface area contributed by atoms with E-state index in [1.54, 1.807) is 0 Å². The van der Waals surface area contributed by atoms with Crippen LogP contribution >= 0.6 is 0 Å². The molecule has 0 fully saturated rings. The highest BCUT2D eigenvalue weighted by Crippen LogP contribution is 2.18. The van der Waals surface area contributed by atoms with E-state index in [9.17, 15) is 4.79 Å². The molecule has 1 aromatic carbocycles. The van der Waals surface area contributed by atoms with Crippen LogP contribution in [0.25, 0.3) is 0 Å². The van der Waals surface area contributed by atoms with Crippen molar-refractivity contribution in [3.8, 4) is 5.75 Å². The maximum Gasteiger partial charge on any atom is 0.224 e. The molecule has 1 atom stereocenters. The van der Waals surface area contributed by atoms with E-state index < -0.39 is 0 Å². The van der Waals surface area contributed by atoms with Gasteiger partial charge in [0.1, 0.15) is 5.75 Å². The summed E-state index contributed by atoms with van der Waals surface area (Å²) >= 11 is 0. The Bertz CT molecular complexity index is 404. The van der Waals surface area contributed by atoms with Gasteiger partial charge in [-0.15, -0.1) is 0 Å². The van der Waals surface area contributed by atoms with Crippen LogP contribution in [0, 0.1) is 5.92 Å². The zero-order valence-electron chi connectivity index (χ0n) is 13.2. The lowest BCUT2D eigenvalue weighted by Gasteiger charge is -2.13. The fraction of sp³-hybridized carbons (Fsp3) is 0.588. The number of anilines is 1. The van der Waals surface area contributed by atoms with E-state index in [2.05, 4.69) is 19.2 Å². The molecule has 0 heterocycles. The Morgan fingerprint density at radius 3 is 2.52 bits per heavy atom. The summed E-state index contributed by atoms with van der Waals surface area (Å²) in [6.45, 7) is 5.63. The van der Waals surface area contributed by atoms with E-state index >= 15 is 0 Å². The normalized spacial score (nSPS) is 12.0. The molecule has 1 rings (SSSR count). The van der Waals surface area contributed by atoms with Crippen molar-refractivity contribution in [1.82, 2.24) is 0 Å². The molecule has 0 spiro atoms. The molecule has 1 aromatic rings. The van der Waals surface area contributed by atoms with Gasteiger partial charge < -0.3 is 15.8 Å². The minimum Gasteiger partial charge on any atom is -0.494 e. The number of nitrogens with two attached hydrogens (primary N) is 1. The van der Waals surface area contributed by atoms with E-state index in [0.717, 1.165) is 37.1 Å². The molecule has 1 amide bonds. The number of benzene rings is 1. The van der Waals surface area contributed by atoms with Crippen molar-refractivity contribution in [2.75, 3.05) is 18.5 Å². The third-order valence-corrected chi connectivity index (χ3v) is 3.54. The number of amides is 1. The molecule has 3 N–H and O–H groups in total. The van der Waals surface area contributed by atoms with Crippen molar-refractivity contribution >= 4 is 11.6 Å². The second kappa shape index (κ2) is 10.2. The largest absolute Gasteiger partial charge is 0.494 e. The van der Waals surface area contributed by atoms with Crippen LogP contribution in [-0.4, -0.2) is 19.1 Å². The zero-order valence-corrected chi connectivity index (χ0v) is 13.2. The Labute approximate surface area is 128 Å². The molecule has 0 aliphatic heterocycles. The number of ether oxygens (including phenoxy) is 1. The monoisotopic (exact) mass is 292 g/mol. The molecule has 0 saturated carbocycles. The molecule has 0 aromatic heterocycles. The second-order valence-electron chi connectivity index (χ2n) is 5.31. The average Bonchev–Trinajstić information content (AvgIpc) is 2.50. The van der Waals surface area contributed by atoms with E-state index in [1.807, 2.05) is 24.3 Å². The lowest BCUT2D eigenvalue weighted by atomic mass is 9.96. The average molecular weight is 292 g/mol. The molecule has 21 heavy (non-hydrogen) atoms. The molecule has 0 aliphatic carbocycles. The van der Waals surface area contributed by atoms with Gasteiger partial charge in [0.2, 0.25) is 5.91 Å². The highest BCUT2D eigenvalue weighted by Gasteiger charge is 2.09. The Morgan fingerprint density at radius 2 is 1.95 bits per heavy atom. The molecule has 4 heteroatoms. The number of carbonyl (C=O) groups excluding carboxylic acids is 1. The highest BCUT2D eigenvalue weighted by atomic mass is 16.5. The number of nitrogens with one attached hydrogen (secondary N) is 1. The van der Waals surface area contributed by atoms with Crippen LogP contribution in [0.15, 0.2) is 24.3 Å². The second-order valence-corrected chi connectivity index (χ2v) is 5.31. The van der Waals surface area contributed by atoms with Gasteiger partial charge >= 0.3 is 0 Å². The van der Waals surface area contributed by atoms with Crippen molar-refractivity contribution in [2.45, 2.75) is 46.0 Å². The SMILES string of the molecule is CCCOc1ccc(NC(=O)CCC(CC)CCN)cc1. The summed E-state index contributed by atoms with van der Waals surface area (Å²) in [7, 11) is 0. The van der Waals surface area contributed by atoms with Gasteiger partial charge in [-0.25, -0.2) is 0 Å². The summed E-state index contributed by atoms with van der Waals surface area (Å²) in [4.78, 5) is 11.9. The minimum atomic E-state index is 0.0627. The molecule has 0 aliphatic rings. The molecular weight excluding hydrogens is 264 g/mol. The predicted octanol–water partition coefficient (Wildman–Crippen LogP) is 3.57. The number of rotatable bonds is 10. The predicted molar refractivity (Wildman–Crippen MR) is 87.5 cm³/mol. The van der Waals surface area contributed by atoms with Gasteiger partial charge in [-0.3, -0.25) is 4.79 Å². The van der Waals surface area contributed by atoms with Crippen LogP contribution in [0.5, 0.6) is 5.75 Å². The lowest BCUT2D eigenvalue weighted by molar-refractivity contribution is -0.116. The van der Waals surface area contributed by atoms with Crippen LogP contribution in [0.1, 0.15) is 46.0 Å². The topological polar surface area (TPSA) is 64.3 Å². The molecule has 0 bridgehead atoms. The van der Waals surface area contributed by atoms with Gasteiger partial charge in [0.25, 0.3) is 0 Å². The summed E-state index contributed by atoms with van der Waals surface area (Å²) in [6, 6.07) is 7.52. The van der Waals surface area contributed by atoms with E-state index in [-0.39, 0.29) is 5.91 Å². The standard InChI is InChI=1S/C17H28N2O2/c1-3-13-21-16-8-6-15(7-9-16)19-17(20)10-5-14(4-2)11-12-18/h6-9,14H,3-5,10-13,18H2,1-2H3,(H,19,20). The fourth-order valence-corrected chi connectivity index (χ4v) is 2.20. The summed E-state index contributed by atoms with van der Waals surface area (Å²) < 4.78 is 5.51. The van der Waals surface area contributed by atoms with Crippen molar-refractivity contribution in [1.29, 1.82) is 0 Å². The minimum absolute atomic E-state index is 0.0627. The van der Waals surface area contributed by atoms with Crippen LogP contribution in [0.3, 0.4) is 0 Å². The van der Waals surface area contributed by atoms with Gasteiger partial charge in [-0.1, -0.05) is 20.3 Å². The van der Waals surface area contributed by atoms with Crippen molar-refractivity contribution in [3.63, 3.8) is 0 Å². The first-order valence-electron chi connectivity index (χ1n) is 7.92. The zero-order chi connectivity index (χ0) is 15.5. The van der Waals surface area contributed by atoms with Gasteiger partial charge in [-0.05, 0) is 56.0 Å². The maximum absolute atomic E-state index is 11.9. The summed E-state index contributed by atoms with van der Waals surface area (Å²) in [5.74, 6) is 1.45. The third-order valence-electron chi connectivity index (χ3n) is 3.54. The van der Waals surface area contributed by atoms with Gasteiger partial charge in [0.15, 0.2) is 0 Å². The molecular formula is C17H28N2O2. The number of hydrogen-bond donors (Lipinski definition) is 2. The Hall–Kier alpha value is -1.55. The van der Waals surface area contributed by atoms with Crippen molar-refractivity contribution in [3.05, 3.63) is 24.3 Å². The highest BCUT2D eigenvalue weighted by molar-refractivity contribution is 5.90. The Morgan fingerprint density at radius 1 is 1.24 bits per heavy atom. The van der Waals surface area contributed by atoms with Crippen LogP contribution in [0.4, 0.5) is 5.69 Å². The summed E-state index contributed by atoms with van der Waals surface area (Å²) in [5, 5.41) is 2.92. The first-order valence-corrected chi connectivity index (χ1v) is 7.92. The molecule has 1 unspecified atom stereocenters. The molecule has 118 valence electrons. The summed E-state index contributed by atoms with van der Waals surface area (Å²) in [6.07, 6.45) is 4.50. The van der Waals surface area contributed by atoms with Gasteiger partial charge in [0.05, 0.1) is 6.61 Å². The van der Waals surface area contributed by atoms with Crippen LogP contribution < -0.4 is 15.8 Å². The van der Waals surface area contributed by atoms with Crippen molar-refractivity contribution in [2.24, 2.45) is 11.7 Å². The van der Waals surface area contributed by atoms with E-state index in [0.29, 0.717) is 25.5 Å². The fourth-order valence-electron chi connectivity index (χ4n) is 2.20. The lowest BCUT2D eigenvalue weighted by Crippen LogP contribution is -2.15. The van der Waals surface area contributed by atoms with Crippen molar-refractivity contribution < 1.29 is 9.53 Å². The molecule has 0 radical (unpaired) electrons.